The fourth-order valence-corrected chi connectivity index (χ4v) is 3.83. The number of nitrogens with zero attached hydrogens (tertiary/aromatic N) is 5. The van der Waals surface area contributed by atoms with Crippen LogP contribution in [0.25, 0.3) is 5.69 Å². The van der Waals surface area contributed by atoms with Gasteiger partial charge in [0.05, 0.1) is 5.69 Å². The third kappa shape index (κ3) is 4.60. The number of piperazine rings is 1. The van der Waals surface area contributed by atoms with Crippen LogP contribution in [0.4, 0.5) is 4.79 Å². The normalized spacial score (nSPS) is 13.9. The Balaban J connectivity index is 1.32. The number of amides is 3. The topological polar surface area (TPSA) is 61.7 Å². The first-order valence-corrected chi connectivity index (χ1v) is 10.5. The molecule has 0 radical (unpaired) electrons. The third-order valence-corrected chi connectivity index (χ3v) is 5.62. The minimum atomic E-state index is -0.00604. The minimum Gasteiger partial charge on any atom is -0.335 e. The quantitative estimate of drug-likeness (QED) is 0.655. The number of aromatic nitrogens is 2. The number of carbonyl (C=O) groups is 2. The molecule has 0 saturated carbocycles. The number of urea groups is 1. The lowest BCUT2D eigenvalue weighted by Gasteiger charge is -2.36. The zero-order chi connectivity index (χ0) is 21.8. The number of aryl methyl sites for hydroxylation is 1. The van der Waals surface area contributed by atoms with Crippen molar-refractivity contribution in [2.45, 2.75) is 13.5 Å². The van der Waals surface area contributed by atoms with E-state index in [1.54, 1.807) is 11.1 Å². The Labute approximate surface area is 182 Å². The van der Waals surface area contributed by atoms with Crippen LogP contribution in [-0.2, 0) is 6.54 Å². The molecule has 7 heteroatoms. The lowest BCUT2D eigenvalue weighted by molar-refractivity contribution is 0.0644. The Bertz CT molecular complexity index is 1040. The van der Waals surface area contributed by atoms with Crippen LogP contribution in [0.2, 0.25) is 0 Å². The summed E-state index contributed by atoms with van der Waals surface area (Å²) in [5, 5.41) is 4.30. The average Bonchev–Trinajstić information content (AvgIpc) is 3.25. The van der Waals surface area contributed by atoms with Gasteiger partial charge in [0.25, 0.3) is 5.91 Å². The fourth-order valence-electron chi connectivity index (χ4n) is 3.83. The number of rotatable bonds is 4. The Morgan fingerprint density at radius 2 is 1.55 bits per heavy atom. The first kappa shape index (κ1) is 20.7. The van der Waals surface area contributed by atoms with Crippen molar-refractivity contribution >= 4 is 11.9 Å². The van der Waals surface area contributed by atoms with Gasteiger partial charge < -0.3 is 14.7 Å². The third-order valence-electron chi connectivity index (χ3n) is 5.62. The van der Waals surface area contributed by atoms with Crippen molar-refractivity contribution in [3.63, 3.8) is 0 Å². The van der Waals surface area contributed by atoms with Crippen LogP contribution in [0.1, 0.15) is 21.6 Å². The van der Waals surface area contributed by atoms with Crippen LogP contribution in [0.5, 0.6) is 0 Å². The highest BCUT2D eigenvalue weighted by Crippen LogP contribution is 2.15. The predicted octanol–water partition coefficient (Wildman–Crippen LogP) is 3.19. The van der Waals surface area contributed by atoms with Crippen molar-refractivity contribution in [1.29, 1.82) is 0 Å². The zero-order valence-corrected chi connectivity index (χ0v) is 17.9. The number of hydrogen-bond acceptors (Lipinski definition) is 3. The smallest absolute Gasteiger partial charge is 0.320 e. The summed E-state index contributed by atoms with van der Waals surface area (Å²) in [5.74, 6) is -0.00604. The molecule has 1 aromatic heterocycles. The largest absolute Gasteiger partial charge is 0.335 e. The van der Waals surface area contributed by atoms with Crippen LogP contribution in [0, 0.1) is 6.92 Å². The summed E-state index contributed by atoms with van der Waals surface area (Å²) in [4.78, 5) is 31.0. The first-order valence-electron chi connectivity index (χ1n) is 10.5. The van der Waals surface area contributed by atoms with Crippen molar-refractivity contribution in [1.82, 2.24) is 24.5 Å². The van der Waals surface area contributed by atoms with Gasteiger partial charge in [-0.3, -0.25) is 4.79 Å². The molecule has 0 aliphatic carbocycles. The molecule has 1 aliphatic rings. The highest BCUT2D eigenvalue weighted by Gasteiger charge is 2.26. The summed E-state index contributed by atoms with van der Waals surface area (Å²) in [6, 6.07) is 19.4. The van der Waals surface area contributed by atoms with Crippen molar-refractivity contribution in [3.8, 4) is 5.69 Å². The van der Waals surface area contributed by atoms with Crippen LogP contribution in [0.3, 0.4) is 0 Å². The van der Waals surface area contributed by atoms with Crippen molar-refractivity contribution in [2.24, 2.45) is 0 Å². The first-order chi connectivity index (χ1) is 15.0. The highest BCUT2D eigenvalue weighted by atomic mass is 16.2. The Morgan fingerprint density at radius 3 is 2.16 bits per heavy atom. The van der Waals surface area contributed by atoms with Gasteiger partial charge >= 0.3 is 6.03 Å². The molecule has 1 saturated heterocycles. The van der Waals surface area contributed by atoms with Crippen LogP contribution >= 0.6 is 0 Å². The Morgan fingerprint density at radius 1 is 0.903 bits per heavy atom. The second-order valence-corrected chi connectivity index (χ2v) is 7.83. The van der Waals surface area contributed by atoms with Gasteiger partial charge in [0.15, 0.2) is 0 Å². The summed E-state index contributed by atoms with van der Waals surface area (Å²) >= 11 is 0. The second-order valence-electron chi connectivity index (χ2n) is 7.83. The van der Waals surface area contributed by atoms with E-state index >= 15 is 0 Å². The molecule has 0 spiro atoms. The Hall–Kier alpha value is -3.61. The van der Waals surface area contributed by atoms with E-state index < -0.39 is 0 Å². The zero-order valence-electron chi connectivity index (χ0n) is 17.9. The SMILES string of the molecule is Cc1ccnn1-c1ccc(C(=O)N2CCN(C(=O)N(C)Cc3ccccc3)CC2)cc1. The van der Waals surface area contributed by atoms with E-state index in [1.807, 2.05) is 89.1 Å². The van der Waals surface area contributed by atoms with Crippen LogP contribution in [0.15, 0.2) is 66.9 Å². The molecule has 2 heterocycles. The van der Waals surface area contributed by atoms with Gasteiger partial charge in [-0.25, -0.2) is 9.48 Å². The molecular weight excluding hydrogens is 390 g/mol. The summed E-state index contributed by atoms with van der Waals surface area (Å²) in [7, 11) is 1.82. The predicted molar refractivity (Wildman–Crippen MR) is 119 cm³/mol. The summed E-state index contributed by atoms with van der Waals surface area (Å²) in [5.41, 5.74) is 3.71. The molecule has 160 valence electrons. The number of carbonyl (C=O) groups excluding carboxylic acids is 2. The summed E-state index contributed by atoms with van der Waals surface area (Å²) in [6.07, 6.45) is 1.76. The fraction of sp³-hybridized carbons (Fsp3) is 0.292. The van der Waals surface area contributed by atoms with Gasteiger partial charge in [-0.15, -0.1) is 0 Å². The van der Waals surface area contributed by atoms with Crippen molar-refractivity contribution in [3.05, 3.63) is 83.7 Å². The van der Waals surface area contributed by atoms with Crippen molar-refractivity contribution < 1.29 is 9.59 Å². The molecular formula is C24H27N5O2. The highest BCUT2D eigenvalue weighted by molar-refractivity contribution is 5.94. The monoisotopic (exact) mass is 417 g/mol. The maximum atomic E-state index is 12.9. The van der Waals surface area contributed by atoms with Crippen LogP contribution < -0.4 is 0 Å². The van der Waals surface area contributed by atoms with E-state index in [0.29, 0.717) is 38.3 Å². The standard InChI is InChI=1S/C24H27N5O2/c1-19-12-13-25-29(19)22-10-8-21(9-11-22)23(30)27-14-16-28(17-15-27)24(31)26(2)18-20-6-4-3-5-7-20/h3-13H,14-18H2,1-2H3. The van der Waals surface area contributed by atoms with E-state index in [2.05, 4.69) is 5.10 Å². The molecule has 0 N–H and O–H groups in total. The van der Waals surface area contributed by atoms with E-state index in [1.165, 1.54) is 0 Å². The molecule has 3 amide bonds. The van der Waals surface area contributed by atoms with Gasteiger partial charge in [-0.1, -0.05) is 30.3 Å². The lowest BCUT2D eigenvalue weighted by atomic mass is 10.1. The second kappa shape index (κ2) is 9.04. The van der Waals surface area contributed by atoms with Gasteiger partial charge in [0.1, 0.15) is 0 Å². The van der Waals surface area contributed by atoms with E-state index in [-0.39, 0.29) is 11.9 Å². The molecule has 4 rings (SSSR count). The van der Waals surface area contributed by atoms with Gasteiger partial charge in [0, 0.05) is 57.2 Å². The van der Waals surface area contributed by atoms with Gasteiger partial charge in [-0.05, 0) is 42.8 Å². The lowest BCUT2D eigenvalue weighted by Crippen LogP contribution is -2.53. The van der Waals surface area contributed by atoms with Gasteiger partial charge in [0.2, 0.25) is 0 Å². The van der Waals surface area contributed by atoms with Gasteiger partial charge in [-0.2, -0.15) is 5.10 Å². The molecule has 3 aromatic rings. The minimum absolute atomic E-state index is 0.00472. The molecule has 31 heavy (non-hydrogen) atoms. The molecule has 0 atom stereocenters. The molecule has 1 fully saturated rings. The maximum absolute atomic E-state index is 12.9. The van der Waals surface area contributed by atoms with E-state index in [9.17, 15) is 9.59 Å². The number of hydrogen-bond donors (Lipinski definition) is 0. The van der Waals surface area contributed by atoms with Crippen LogP contribution in [-0.4, -0.2) is 69.6 Å². The van der Waals surface area contributed by atoms with E-state index in [4.69, 9.17) is 0 Å². The molecule has 0 unspecified atom stereocenters. The average molecular weight is 418 g/mol. The van der Waals surface area contributed by atoms with Crippen molar-refractivity contribution in [2.75, 3.05) is 33.2 Å². The maximum Gasteiger partial charge on any atom is 0.320 e. The molecule has 7 nitrogen and oxygen atoms in total. The molecule has 2 aromatic carbocycles. The summed E-state index contributed by atoms with van der Waals surface area (Å²) < 4.78 is 1.84. The Kier molecular flexibility index (Phi) is 6.02. The molecule has 1 aliphatic heterocycles. The molecule has 0 bridgehead atoms. The van der Waals surface area contributed by atoms with E-state index in [0.717, 1.165) is 16.9 Å². The number of benzene rings is 2. The summed E-state index contributed by atoms with van der Waals surface area (Å²) in [6.45, 7) is 4.70.